The highest BCUT2D eigenvalue weighted by molar-refractivity contribution is 9.10. The van der Waals surface area contributed by atoms with Crippen LogP contribution in [0.25, 0.3) is 0 Å². The molecule has 0 saturated carbocycles. The highest BCUT2D eigenvalue weighted by Gasteiger charge is 2.11. The molecule has 0 saturated heterocycles. The number of benzene rings is 2. The predicted molar refractivity (Wildman–Crippen MR) is 81.6 cm³/mol. The lowest BCUT2D eigenvalue weighted by Gasteiger charge is -2.12. The van der Waals surface area contributed by atoms with Gasteiger partial charge in [0.2, 0.25) is 0 Å². The van der Waals surface area contributed by atoms with E-state index in [0.717, 1.165) is 4.47 Å². The lowest BCUT2D eigenvalue weighted by molar-refractivity contribution is 0.276. The zero-order valence-corrected chi connectivity index (χ0v) is 13.3. The Bertz CT molecular complexity index is 617. The molecule has 6 heteroatoms. The Morgan fingerprint density at radius 3 is 2.32 bits per heavy atom. The number of rotatable bonds is 3. The van der Waals surface area contributed by atoms with Crippen LogP contribution in [0.4, 0.5) is 0 Å². The first-order valence-corrected chi connectivity index (χ1v) is 7.15. The van der Waals surface area contributed by atoms with Gasteiger partial charge in [-0.1, -0.05) is 56.8 Å². The summed E-state index contributed by atoms with van der Waals surface area (Å²) in [5.74, 6) is 0.876. The van der Waals surface area contributed by atoms with Crippen molar-refractivity contribution in [2.75, 3.05) is 0 Å². The molecule has 0 aliphatic rings. The van der Waals surface area contributed by atoms with E-state index in [0.29, 0.717) is 32.1 Å². The molecule has 1 N–H and O–H groups in total. The van der Waals surface area contributed by atoms with Crippen LogP contribution in [0.2, 0.25) is 15.1 Å². The molecule has 0 heterocycles. The molecule has 19 heavy (non-hydrogen) atoms. The van der Waals surface area contributed by atoms with Gasteiger partial charge in [-0.15, -0.1) is 0 Å². The van der Waals surface area contributed by atoms with Crippen LogP contribution in [0.1, 0.15) is 5.56 Å². The van der Waals surface area contributed by atoms with E-state index in [1.165, 1.54) is 12.1 Å². The third-order valence-electron chi connectivity index (χ3n) is 2.39. The maximum Gasteiger partial charge on any atom is 0.147 e. The second-order valence-corrected chi connectivity index (χ2v) is 5.85. The van der Waals surface area contributed by atoms with Crippen molar-refractivity contribution in [1.82, 2.24) is 0 Å². The third-order valence-corrected chi connectivity index (χ3v) is 3.91. The van der Waals surface area contributed by atoms with E-state index in [4.69, 9.17) is 39.5 Å². The van der Waals surface area contributed by atoms with Crippen molar-refractivity contribution in [3.8, 4) is 11.5 Å². The summed E-state index contributed by atoms with van der Waals surface area (Å²) >= 11 is 21.2. The van der Waals surface area contributed by atoms with Gasteiger partial charge in [0, 0.05) is 16.1 Å². The Balaban J connectivity index is 2.41. The summed E-state index contributed by atoms with van der Waals surface area (Å²) in [6.45, 7) is -0.137. The van der Waals surface area contributed by atoms with Crippen LogP contribution >= 0.6 is 50.7 Å². The van der Waals surface area contributed by atoms with Crippen molar-refractivity contribution in [1.29, 1.82) is 0 Å². The Morgan fingerprint density at radius 1 is 0.947 bits per heavy atom. The Kier molecular flexibility index (Phi) is 4.98. The molecule has 0 fully saturated rings. The van der Waals surface area contributed by atoms with Gasteiger partial charge in [0.05, 0.1) is 21.7 Å². The van der Waals surface area contributed by atoms with Crippen LogP contribution in [-0.4, -0.2) is 5.11 Å². The number of hydrogen-bond acceptors (Lipinski definition) is 2. The molecule has 2 aromatic rings. The molecule has 0 aromatic heterocycles. The maximum atomic E-state index is 9.28. The second kappa shape index (κ2) is 6.33. The van der Waals surface area contributed by atoms with Crippen molar-refractivity contribution in [2.45, 2.75) is 6.61 Å². The van der Waals surface area contributed by atoms with Crippen LogP contribution < -0.4 is 4.74 Å². The van der Waals surface area contributed by atoms with Gasteiger partial charge in [0.1, 0.15) is 11.5 Å². The van der Waals surface area contributed by atoms with E-state index in [1.54, 1.807) is 12.1 Å². The quantitative estimate of drug-likeness (QED) is 0.691. The van der Waals surface area contributed by atoms with Crippen molar-refractivity contribution < 1.29 is 9.84 Å². The SMILES string of the molecule is OCc1ccc(Br)cc1Oc1cc(Cl)c(Cl)cc1Cl. The second-order valence-electron chi connectivity index (χ2n) is 3.71. The van der Waals surface area contributed by atoms with Gasteiger partial charge in [-0.25, -0.2) is 0 Å². The summed E-state index contributed by atoms with van der Waals surface area (Å²) in [4.78, 5) is 0. The molecule has 0 aliphatic heterocycles. The monoisotopic (exact) mass is 380 g/mol. The molecule has 0 atom stereocenters. The molecule has 2 aromatic carbocycles. The van der Waals surface area contributed by atoms with E-state index < -0.39 is 0 Å². The molecule has 100 valence electrons. The number of aliphatic hydroxyl groups is 1. The summed E-state index contributed by atoms with van der Waals surface area (Å²) in [6, 6.07) is 8.36. The molecular formula is C13H8BrCl3O2. The molecular weight excluding hydrogens is 374 g/mol. The summed E-state index contributed by atoms with van der Waals surface area (Å²) in [6.07, 6.45) is 0. The average Bonchev–Trinajstić information content (AvgIpc) is 2.36. The summed E-state index contributed by atoms with van der Waals surface area (Å²) < 4.78 is 6.51. The Morgan fingerprint density at radius 2 is 1.63 bits per heavy atom. The molecule has 0 bridgehead atoms. The zero-order chi connectivity index (χ0) is 14.0. The Labute approximate surface area is 134 Å². The van der Waals surface area contributed by atoms with Crippen LogP contribution in [-0.2, 0) is 6.61 Å². The van der Waals surface area contributed by atoms with Crippen LogP contribution in [0.3, 0.4) is 0 Å². The van der Waals surface area contributed by atoms with Gasteiger partial charge >= 0.3 is 0 Å². The van der Waals surface area contributed by atoms with E-state index in [1.807, 2.05) is 6.07 Å². The minimum absolute atomic E-state index is 0.137. The smallest absolute Gasteiger partial charge is 0.147 e. The largest absolute Gasteiger partial charge is 0.455 e. The molecule has 0 aliphatic carbocycles. The van der Waals surface area contributed by atoms with Crippen LogP contribution in [0, 0.1) is 0 Å². The summed E-state index contributed by atoms with van der Waals surface area (Å²) in [7, 11) is 0. The summed E-state index contributed by atoms with van der Waals surface area (Å²) in [5.41, 5.74) is 0.644. The van der Waals surface area contributed by atoms with Gasteiger partial charge < -0.3 is 9.84 Å². The highest BCUT2D eigenvalue weighted by atomic mass is 79.9. The van der Waals surface area contributed by atoms with Crippen molar-refractivity contribution in [3.05, 3.63) is 55.4 Å². The molecule has 0 spiro atoms. The fraction of sp³-hybridized carbons (Fsp3) is 0.0769. The zero-order valence-electron chi connectivity index (χ0n) is 9.46. The van der Waals surface area contributed by atoms with E-state index >= 15 is 0 Å². The number of halogens is 4. The fourth-order valence-corrected chi connectivity index (χ4v) is 2.37. The number of aliphatic hydroxyl groups excluding tert-OH is 1. The molecule has 2 nitrogen and oxygen atoms in total. The van der Waals surface area contributed by atoms with E-state index in [2.05, 4.69) is 15.9 Å². The molecule has 0 radical (unpaired) electrons. The third kappa shape index (κ3) is 3.56. The standard InChI is InChI=1S/C13H8BrCl3O2/c14-8-2-1-7(6-18)12(3-8)19-13-5-10(16)9(15)4-11(13)17/h1-5,18H,6H2. The van der Waals surface area contributed by atoms with Crippen LogP contribution in [0.15, 0.2) is 34.8 Å². The van der Waals surface area contributed by atoms with Gasteiger partial charge in [0.15, 0.2) is 0 Å². The average molecular weight is 382 g/mol. The van der Waals surface area contributed by atoms with Gasteiger partial charge in [-0.2, -0.15) is 0 Å². The summed E-state index contributed by atoms with van der Waals surface area (Å²) in [5, 5.41) is 10.3. The minimum atomic E-state index is -0.137. The lowest BCUT2D eigenvalue weighted by Crippen LogP contribution is -1.92. The van der Waals surface area contributed by atoms with Gasteiger partial charge in [0.25, 0.3) is 0 Å². The minimum Gasteiger partial charge on any atom is -0.455 e. The first-order chi connectivity index (χ1) is 9.01. The van der Waals surface area contributed by atoms with E-state index in [-0.39, 0.29) is 6.61 Å². The first kappa shape index (κ1) is 14.9. The normalized spacial score (nSPS) is 10.6. The molecule has 2 rings (SSSR count). The lowest BCUT2D eigenvalue weighted by atomic mass is 10.2. The van der Waals surface area contributed by atoms with E-state index in [9.17, 15) is 5.11 Å². The number of hydrogen-bond donors (Lipinski definition) is 1. The first-order valence-electron chi connectivity index (χ1n) is 5.23. The van der Waals surface area contributed by atoms with Gasteiger partial charge in [-0.3, -0.25) is 0 Å². The topological polar surface area (TPSA) is 29.5 Å². The van der Waals surface area contributed by atoms with Crippen molar-refractivity contribution in [3.63, 3.8) is 0 Å². The molecule has 0 amide bonds. The van der Waals surface area contributed by atoms with Crippen molar-refractivity contribution >= 4 is 50.7 Å². The predicted octanol–water partition coefficient (Wildman–Crippen LogP) is 5.69. The maximum absolute atomic E-state index is 9.28. The highest BCUT2D eigenvalue weighted by Crippen LogP contribution is 2.37. The fourth-order valence-electron chi connectivity index (χ4n) is 1.46. The Hall–Kier alpha value is -0.450. The van der Waals surface area contributed by atoms with Gasteiger partial charge in [-0.05, 0) is 18.2 Å². The molecule has 0 unspecified atom stereocenters. The van der Waals surface area contributed by atoms with Crippen LogP contribution in [0.5, 0.6) is 11.5 Å². The number of ether oxygens (including phenoxy) is 1. The van der Waals surface area contributed by atoms with Crippen molar-refractivity contribution in [2.24, 2.45) is 0 Å².